The molecule has 1 aromatic rings. The molecule has 0 radical (unpaired) electrons. The monoisotopic (exact) mass is 289 g/mol. The van der Waals surface area contributed by atoms with Crippen LogP contribution < -0.4 is 4.74 Å². The van der Waals surface area contributed by atoms with Crippen LogP contribution in [0.3, 0.4) is 0 Å². The molecule has 0 heterocycles. The molecule has 21 heavy (non-hydrogen) atoms. The lowest BCUT2D eigenvalue weighted by Gasteiger charge is -2.31. The average Bonchev–Trinajstić information content (AvgIpc) is 2.97. The van der Waals surface area contributed by atoms with E-state index in [4.69, 9.17) is 4.74 Å². The molecule has 0 bridgehead atoms. The maximum atomic E-state index is 9.66. The van der Waals surface area contributed by atoms with Crippen LogP contribution in [0.4, 0.5) is 0 Å². The number of aliphatic hydroxyl groups excluding tert-OH is 1. The number of methoxy groups -OCH3 is 1. The summed E-state index contributed by atoms with van der Waals surface area (Å²) in [7, 11) is 3.81. The summed E-state index contributed by atoms with van der Waals surface area (Å²) in [6.07, 6.45) is 9.16. The van der Waals surface area contributed by atoms with Gasteiger partial charge in [-0.1, -0.05) is 37.1 Å². The minimum absolute atomic E-state index is 0.142. The summed E-state index contributed by atoms with van der Waals surface area (Å²) in [4.78, 5) is 2.31. The van der Waals surface area contributed by atoms with Gasteiger partial charge in [-0.15, -0.1) is 0 Å². The molecule has 0 amide bonds. The second kappa shape index (κ2) is 7.62. The quantitative estimate of drug-likeness (QED) is 0.836. The molecular formula is C18H27NO2. The highest BCUT2D eigenvalue weighted by atomic mass is 16.5. The molecule has 0 saturated heterocycles. The van der Waals surface area contributed by atoms with Crippen molar-refractivity contribution in [1.29, 1.82) is 0 Å². The van der Waals surface area contributed by atoms with Gasteiger partial charge in [0.2, 0.25) is 0 Å². The first-order valence-corrected chi connectivity index (χ1v) is 7.77. The summed E-state index contributed by atoms with van der Waals surface area (Å²) < 4.78 is 5.15. The maximum absolute atomic E-state index is 9.66. The van der Waals surface area contributed by atoms with E-state index in [9.17, 15) is 5.11 Å². The maximum Gasteiger partial charge on any atom is 0.118 e. The summed E-state index contributed by atoms with van der Waals surface area (Å²) in [6.45, 7) is 2.21. The van der Waals surface area contributed by atoms with E-state index in [1.54, 1.807) is 7.11 Å². The fourth-order valence-electron chi connectivity index (χ4n) is 3.21. The van der Waals surface area contributed by atoms with Crippen molar-refractivity contribution >= 4 is 6.08 Å². The molecule has 1 aliphatic rings. The van der Waals surface area contributed by atoms with Gasteiger partial charge in [0.15, 0.2) is 0 Å². The van der Waals surface area contributed by atoms with Crippen LogP contribution in [0.15, 0.2) is 30.3 Å². The van der Waals surface area contributed by atoms with Crippen molar-refractivity contribution in [1.82, 2.24) is 4.90 Å². The summed E-state index contributed by atoms with van der Waals surface area (Å²) >= 11 is 0. The smallest absolute Gasteiger partial charge is 0.118 e. The molecular weight excluding hydrogens is 262 g/mol. The number of nitrogens with zero attached hydrogens (tertiary/aromatic N) is 1. The van der Waals surface area contributed by atoms with E-state index >= 15 is 0 Å². The van der Waals surface area contributed by atoms with Crippen LogP contribution in [0, 0.1) is 5.41 Å². The number of rotatable bonds is 7. The summed E-state index contributed by atoms with van der Waals surface area (Å²) in [5.41, 5.74) is 1.32. The van der Waals surface area contributed by atoms with Crippen LogP contribution in [0.1, 0.15) is 31.2 Å². The van der Waals surface area contributed by atoms with Crippen molar-refractivity contribution in [2.45, 2.75) is 25.7 Å². The topological polar surface area (TPSA) is 32.7 Å². The Labute approximate surface area is 128 Å². The normalized spacial score (nSPS) is 17.7. The van der Waals surface area contributed by atoms with Gasteiger partial charge < -0.3 is 14.7 Å². The van der Waals surface area contributed by atoms with Crippen LogP contribution in [-0.4, -0.2) is 43.9 Å². The number of hydrogen-bond donors (Lipinski definition) is 1. The van der Waals surface area contributed by atoms with Gasteiger partial charge >= 0.3 is 0 Å². The average molecular weight is 289 g/mol. The second-order valence-electron chi connectivity index (χ2n) is 6.24. The Morgan fingerprint density at radius 3 is 2.48 bits per heavy atom. The molecule has 0 atom stereocenters. The van der Waals surface area contributed by atoms with Crippen molar-refractivity contribution < 1.29 is 9.84 Å². The third-order valence-corrected chi connectivity index (χ3v) is 4.45. The molecule has 3 nitrogen and oxygen atoms in total. The highest BCUT2D eigenvalue weighted by Gasteiger charge is 2.33. The first kappa shape index (κ1) is 16.1. The predicted octanol–water partition coefficient (Wildman–Crippen LogP) is 3.19. The van der Waals surface area contributed by atoms with Crippen molar-refractivity contribution in [3.05, 3.63) is 35.9 Å². The molecule has 1 aliphatic carbocycles. The van der Waals surface area contributed by atoms with Gasteiger partial charge in [0, 0.05) is 25.1 Å². The minimum Gasteiger partial charge on any atom is -0.497 e. The lowest BCUT2D eigenvalue weighted by molar-refractivity contribution is 0.0932. The summed E-state index contributed by atoms with van der Waals surface area (Å²) in [5, 5.41) is 9.66. The third-order valence-electron chi connectivity index (χ3n) is 4.45. The Bertz CT molecular complexity index is 447. The Hall–Kier alpha value is -1.32. The summed E-state index contributed by atoms with van der Waals surface area (Å²) in [6, 6.07) is 8.06. The van der Waals surface area contributed by atoms with Crippen LogP contribution >= 0.6 is 0 Å². The van der Waals surface area contributed by atoms with Gasteiger partial charge in [-0.05, 0) is 37.6 Å². The highest BCUT2D eigenvalue weighted by Crippen LogP contribution is 2.38. The molecule has 1 saturated carbocycles. The fraction of sp³-hybridized carbons (Fsp3) is 0.556. The van der Waals surface area contributed by atoms with Gasteiger partial charge in [-0.3, -0.25) is 0 Å². The zero-order valence-electron chi connectivity index (χ0n) is 13.2. The predicted molar refractivity (Wildman–Crippen MR) is 87.5 cm³/mol. The van der Waals surface area contributed by atoms with Crippen LogP contribution in [-0.2, 0) is 0 Å². The third kappa shape index (κ3) is 4.58. The molecule has 0 aromatic heterocycles. The first-order valence-electron chi connectivity index (χ1n) is 7.77. The molecule has 1 aromatic carbocycles. The number of likely N-dealkylation sites (N-methyl/N-ethyl adjacent to an activating group) is 1. The molecule has 0 spiro atoms. The molecule has 1 fully saturated rings. The van der Waals surface area contributed by atoms with Gasteiger partial charge in [0.1, 0.15) is 5.75 Å². The van der Waals surface area contributed by atoms with Crippen LogP contribution in [0.5, 0.6) is 5.75 Å². The number of ether oxygens (including phenoxy) is 1. The molecule has 0 unspecified atom stereocenters. The zero-order valence-corrected chi connectivity index (χ0v) is 13.2. The number of benzene rings is 1. The van der Waals surface area contributed by atoms with Gasteiger partial charge in [-0.2, -0.15) is 0 Å². The van der Waals surface area contributed by atoms with Crippen molar-refractivity contribution in [2.75, 3.05) is 33.9 Å². The second-order valence-corrected chi connectivity index (χ2v) is 6.24. The fourth-order valence-corrected chi connectivity index (χ4v) is 3.21. The zero-order chi connectivity index (χ0) is 15.1. The van der Waals surface area contributed by atoms with E-state index in [2.05, 4.69) is 36.2 Å². The lowest BCUT2D eigenvalue weighted by Crippen LogP contribution is -2.36. The Morgan fingerprint density at radius 1 is 1.24 bits per heavy atom. The number of hydrogen-bond acceptors (Lipinski definition) is 3. The van der Waals surface area contributed by atoms with Crippen LogP contribution in [0.25, 0.3) is 6.08 Å². The Morgan fingerprint density at radius 2 is 1.90 bits per heavy atom. The van der Waals surface area contributed by atoms with E-state index in [0.717, 1.165) is 31.7 Å². The lowest BCUT2D eigenvalue weighted by atomic mass is 9.87. The van der Waals surface area contributed by atoms with E-state index in [1.807, 2.05) is 12.1 Å². The van der Waals surface area contributed by atoms with E-state index in [1.165, 1.54) is 18.4 Å². The SMILES string of the molecule is COc1ccc(C=CCN(C)CC2(CO)CCCC2)cc1. The minimum atomic E-state index is 0.142. The van der Waals surface area contributed by atoms with Gasteiger partial charge in [0.25, 0.3) is 0 Å². The summed E-state index contributed by atoms with van der Waals surface area (Å²) in [5.74, 6) is 0.885. The Balaban J connectivity index is 1.82. The molecule has 1 N–H and O–H groups in total. The van der Waals surface area contributed by atoms with Crippen molar-refractivity contribution in [3.8, 4) is 5.75 Å². The van der Waals surface area contributed by atoms with E-state index in [-0.39, 0.29) is 5.41 Å². The highest BCUT2D eigenvalue weighted by molar-refractivity contribution is 5.50. The van der Waals surface area contributed by atoms with Crippen LogP contribution in [0.2, 0.25) is 0 Å². The number of aliphatic hydroxyl groups is 1. The van der Waals surface area contributed by atoms with Gasteiger partial charge in [0.05, 0.1) is 7.11 Å². The Kier molecular flexibility index (Phi) is 5.83. The van der Waals surface area contributed by atoms with E-state index < -0.39 is 0 Å². The standard InChI is InChI=1S/C18H27NO2/c1-19(14-18(15-20)11-3-4-12-18)13-5-6-16-7-9-17(21-2)10-8-16/h5-10,20H,3-4,11-15H2,1-2H3. The van der Waals surface area contributed by atoms with Gasteiger partial charge in [-0.25, -0.2) is 0 Å². The van der Waals surface area contributed by atoms with E-state index in [0.29, 0.717) is 6.61 Å². The molecule has 3 heteroatoms. The van der Waals surface area contributed by atoms with Crippen molar-refractivity contribution in [3.63, 3.8) is 0 Å². The molecule has 116 valence electrons. The van der Waals surface area contributed by atoms with Crippen molar-refractivity contribution in [2.24, 2.45) is 5.41 Å². The molecule has 2 rings (SSSR count). The molecule has 0 aliphatic heterocycles. The largest absolute Gasteiger partial charge is 0.497 e. The first-order chi connectivity index (χ1) is 10.2.